The van der Waals surface area contributed by atoms with Crippen LogP contribution < -0.4 is 10.2 Å². The van der Waals surface area contributed by atoms with Crippen molar-refractivity contribution in [3.8, 4) is 11.1 Å². The Labute approximate surface area is 145 Å². The molecule has 122 valence electrons. The number of nitrogens with zero attached hydrogens (tertiary/aromatic N) is 3. The summed E-state index contributed by atoms with van der Waals surface area (Å²) < 4.78 is 0. The number of halogens is 1. The number of amides is 1. The second-order valence-corrected chi connectivity index (χ2v) is 6.12. The highest BCUT2D eigenvalue weighted by atomic mass is 35.5. The largest absolute Gasteiger partial charge is 0.362 e. The van der Waals surface area contributed by atoms with Crippen LogP contribution in [0.3, 0.4) is 0 Å². The van der Waals surface area contributed by atoms with Crippen LogP contribution in [-0.4, -0.2) is 30.0 Å². The highest BCUT2D eigenvalue weighted by Gasteiger charge is 2.11. The van der Waals surface area contributed by atoms with E-state index in [4.69, 9.17) is 11.6 Å². The molecule has 0 aliphatic rings. The van der Waals surface area contributed by atoms with E-state index in [9.17, 15) is 4.79 Å². The molecule has 0 atom stereocenters. The number of hydrogen-bond donors (Lipinski definition) is 1. The van der Waals surface area contributed by atoms with E-state index in [1.165, 1.54) is 6.92 Å². The molecule has 2 aromatic carbocycles. The average molecular weight is 341 g/mol. The zero-order valence-electron chi connectivity index (χ0n) is 13.7. The van der Waals surface area contributed by atoms with Gasteiger partial charge in [0, 0.05) is 31.4 Å². The van der Waals surface area contributed by atoms with Crippen molar-refractivity contribution >= 4 is 40.2 Å². The lowest BCUT2D eigenvalue weighted by molar-refractivity contribution is -0.114. The van der Waals surface area contributed by atoms with E-state index in [0.717, 1.165) is 27.8 Å². The van der Waals surface area contributed by atoms with E-state index in [0.29, 0.717) is 11.0 Å². The molecule has 1 N–H and O–H groups in total. The molecule has 3 aromatic rings. The number of anilines is 2. The van der Waals surface area contributed by atoms with E-state index >= 15 is 0 Å². The van der Waals surface area contributed by atoms with Gasteiger partial charge in [-0.2, -0.15) is 4.98 Å². The molecule has 24 heavy (non-hydrogen) atoms. The lowest BCUT2D eigenvalue weighted by atomic mass is 10.0. The molecule has 0 aliphatic carbocycles. The van der Waals surface area contributed by atoms with E-state index in [1.54, 1.807) is 0 Å². The Morgan fingerprint density at radius 2 is 1.71 bits per heavy atom. The monoisotopic (exact) mass is 340 g/mol. The maximum Gasteiger partial charge on any atom is 0.231 e. The fraction of sp³-hybridized carbons (Fsp3) is 0.167. The van der Waals surface area contributed by atoms with Crippen LogP contribution in [0, 0.1) is 0 Å². The summed E-state index contributed by atoms with van der Waals surface area (Å²) in [6.45, 7) is 1.44. The maximum atomic E-state index is 11.3. The summed E-state index contributed by atoms with van der Waals surface area (Å²) in [5.41, 5.74) is 2.89. The maximum absolute atomic E-state index is 11.3. The zero-order valence-corrected chi connectivity index (χ0v) is 14.4. The van der Waals surface area contributed by atoms with Gasteiger partial charge in [0.2, 0.25) is 11.9 Å². The summed E-state index contributed by atoms with van der Waals surface area (Å²) in [5.74, 6) is 0.856. The molecule has 0 saturated heterocycles. The number of aromatic nitrogens is 2. The summed E-state index contributed by atoms with van der Waals surface area (Å²) in [6.07, 6.45) is 0. The molecule has 0 fully saturated rings. The molecule has 0 saturated carbocycles. The molecule has 0 radical (unpaired) electrons. The Morgan fingerprint density at radius 3 is 2.33 bits per heavy atom. The van der Waals surface area contributed by atoms with Crippen molar-refractivity contribution in [2.75, 3.05) is 24.3 Å². The first-order valence-electron chi connectivity index (χ1n) is 7.46. The predicted molar refractivity (Wildman–Crippen MR) is 98.6 cm³/mol. The molecule has 6 heteroatoms. The molecule has 0 aliphatic heterocycles. The van der Waals surface area contributed by atoms with E-state index in [-0.39, 0.29) is 5.91 Å². The number of fused-ring (bicyclic) bond motifs is 1. The molecule has 1 aromatic heterocycles. The van der Waals surface area contributed by atoms with Crippen LogP contribution in [0.4, 0.5) is 11.8 Å². The Kier molecular flexibility index (Phi) is 4.36. The number of carbonyl (C=O) groups excluding carboxylic acids is 1. The Bertz CT molecular complexity index is 907. The van der Waals surface area contributed by atoms with Crippen LogP contribution in [0.2, 0.25) is 5.02 Å². The number of benzene rings is 2. The van der Waals surface area contributed by atoms with Gasteiger partial charge in [0.25, 0.3) is 0 Å². The lowest BCUT2D eigenvalue weighted by Crippen LogP contribution is -2.15. The number of carbonyl (C=O) groups is 1. The first kappa shape index (κ1) is 16.2. The Morgan fingerprint density at radius 1 is 1.04 bits per heavy atom. The number of rotatable bonds is 3. The van der Waals surface area contributed by atoms with Crippen molar-refractivity contribution in [3.05, 3.63) is 47.5 Å². The smallest absolute Gasteiger partial charge is 0.231 e. The standard InChI is InChI=1S/C18H17ClN4O/c1-11(24)20-18-21-16-9-6-13(12-4-7-14(19)8-5-12)10-15(16)17(22-18)23(2)3/h4-10H,1-3H3,(H,20,21,22,24). The Hall–Kier alpha value is -2.66. The van der Waals surface area contributed by atoms with Crippen molar-refractivity contribution < 1.29 is 4.79 Å². The van der Waals surface area contributed by atoms with E-state index in [2.05, 4.69) is 15.3 Å². The van der Waals surface area contributed by atoms with Gasteiger partial charge >= 0.3 is 0 Å². The molecule has 3 rings (SSSR count). The molecule has 5 nitrogen and oxygen atoms in total. The van der Waals surface area contributed by atoms with Crippen LogP contribution >= 0.6 is 11.6 Å². The first-order valence-corrected chi connectivity index (χ1v) is 7.84. The van der Waals surface area contributed by atoms with E-state index in [1.807, 2.05) is 61.5 Å². The van der Waals surface area contributed by atoms with Crippen molar-refractivity contribution in [1.29, 1.82) is 0 Å². The van der Waals surface area contributed by atoms with Crippen LogP contribution in [0.5, 0.6) is 0 Å². The SMILES string of the molecule is CC(=O)Nc1nc(N(C)C)c2cc(-c3ccc(Cl)cc3)ccc2n1. The van der Waals surface area contributed by atoms with Crippen molar-refractivity contribution in [1.82, 2.24) is 9.97 Å². The third kappa shape index (κ3) is 3.31. The molecular weight excluding hydrogens is 324 g/mol. The minimum atomic E-state index is -0.197. The third-order valence-corrected chi connectivity index (χ3v) is 3.82. The van der Waals surface area contributed by atoms with Gasteiger partial charge in [0.05, 0.1) is 5.52 Å². The highest BCUT2D eigenvalue weighted by molar-refractivity contribution is 6.30. The normalized spacial score (nSPS) is 10.7. The summed E-state index contributed by atoms with van der Waals surface area (Å²) in [5, 5.41) is 4.27. The molecular formula is C18H17ClN4O. The first-order chi connectivity index (χ1) is 11.4. The summed E-state index contributed by atoms with van der Waals surface area (Å²) >= 11 is 5.96. The zero-order chi connectivity index (χ0) is 17.3. The topological polar surface area (TPSA) is 58.1 Å². The molecule has 1 amide bonds. The van der Waals surface area contributed by atoms with Crippen molar-refractivity contribution in [2.24, 2.45) is 0 Å². The van der Waals surface area contributed by atoms with Gasteiger partial charge in [-0.1, -0.05) is 29.8 Å². The van der Waals surface area contributed by atoms with Gasteiger partial charge in [-0.05, 0) is 35.4 Å². The van der Waals surface area contributed by atoms with E-state index < -0.39 is 0 Å². The molecule has 0 unspecified atom stereocenters. The Balaban J connectivity index is 2.16. The van der Waals surface area contributed by atoms with Crippen LogP contribution in [0.25, 0.3) is 22.0 Å². The van der Waals surface area contributed by atoms with Crippen LogP contribution in [-0.2, 0) is 4.79 Å². The average Bonchev–Trinajstić information content (AvgIpc) is 2.53. The van der Waals surface area contributed by atoms with Crippen LogP contribution in [0.15, 0.2) is 42.5 Å². The van der Waals surface area contributed by atoms with Crippen molar-refractivity contribution in [3.63, 3.8) is 0 Å². The van der Waals surface area contributed by atoms with Crippen molar-refractivity contribution in [2.45, 2.75) is 6.92 Å². The third-order valence-electron chi connectivity index (χ3n) is 3.56. The van der Waals surface area contributed by atoms with Gasteiger partial charge < -0.3 is 4.90 Å². The highest BCUT2D eigenvalue weighted by Crippen LogP contribution is 2.30. The van der Waals surface area contributed by atoms with Gasteiger partial charge in [0.15, 0.2) is 0 Å². The van der Waals surface area contributed by atoms with Gasteiger partial charge in [-0.25, -0.2) is 4.98 Å². The summed E-state index contributed by atoms with van der Waals surface area (Å²) in [4.78, 5) is 22.1. The number of hydrogen-bond acceptors (Lipinski definition) is 4. The minimum absolute atomic E-state index is 0.197. The molecule has 0 bridgehead atoms. The quantitative estimate of drug-likeness (QED) is 0.783. The fourth-order valence-corrected chi connectivity index (χ4v) is 2.61. The van der Waals surface area contributed by atoms with Crippen LogP contribution in [0.1, 0.15) is 6.92 Å². The predicted octanol–water partition coefficient (Wildman–Crippen LogP) is 3.97. The lowest BCUT2D eigenvalue weighted by Gasteiger charge is -2.16. The van der Waals surface area contributed by atoms with Gasteiger partial charge in [-0.15, -0.1) is 0 Å². The second kappa shape index (κ2) is 6.45. The molecule has 1 heterocycles. The fourth-order valence-electron chi connectivity index (χ4n) is 2.49. The summed E-state index contributed by atoms with van der Waals surface area (Å²) in [7, 11) is 3.82. The van der Waals surface area contributed by atoms with Gasteiger partial charge in [0.1, 0.15) is 5.82 Å². The summed E-state index contributed by atoms with van der Waals surface area (Å²) in [6, 6.07) is 13.7. The molecule has 0 spiro atoms. The number of nitrogens with one attached hydrogen (secondary N) is 1. The second-order valence-electron chi connectivity index (χ2n) is 5.69. The minimum Gasteiger partial charge on any atom is -0.362 e. The van der Waals surface area contributed by atoms with Gasteiger partial charge in [-0.3, -0.25) is 10.1 Å².